The molecular formula is C20H25F3N6O2. The lowest BCUT2D eigenvalue weighted by atomic mass is 9.78. The zero-order valence-electron chi connectivity index (χ0n) is 17.6. The van der Waals surface area contributed by atoms with Gasteiger partial charge in [0.1, 0.15) is 17.1 Å². The molecule has 0 aliphatic carbocycles. The van der Waals surface area contributed by atoms with Crippen LogP contribution < -0.4 is 10.6 Å². The van der Waals surface area contributed by atoms with Gasteiger partial charge in [-0.3, -0.25) is 4.79 Å². The van der Waals surface area contributed by atoms with Crippen molar-refractivity contribution in [3.8, 4) is 0 Å². The predicted octanol–water partition coefficient (Wildman–Crippen LogP) is 2.60. The Balaban J connectivity index is 1.96. The largest absolute Gasteiger partial charge is 0.468 e. The van der Waals surface area contributed by atoms with E-state index in [-0.39, 0.29) is 18.3 Å². The van der Waals surface area contributed by atoms with E-state index in [9.17, 15) is 18.0 Å². The van der Waals surface area contributed by atoms with Crippen LogP contribution in [0.15, 0.2) is 18.5 Å². The smallest absolute Gasteiger partial charge is 0.451 e. The van der Waals surface area contributed by atoms with Crippen molar-refractivity contribution in [3.63, 3.8) is 0 Å². The van der Waals surface area contributed by atoms with Gasteiger partial charge in [0.05, 0.1) is 12.8 Å². The second kappa shape index (κ2) is 9.13. The van der Waals surface area contributed by atoms with Gasteiger partial charge >= 0.3 is 12.1 Å². The van der Waals surface area contributed by atoms with Crippen molar-refractivity contribution < 1.29 is 22.7 Å². The third-order valence-electron chi connectivity index (χ3n) is 5.43. The molecule has 0 spiro atoms. The summed E-state index contributed by atoms with van der Waals surface area (Å²) in [5.41, 5.74) is 0.114. The maximum atomic E-state index is 12.9. The Bertz CT molecular complexity index is 933. The Hall–Kier alpha value is -2.82. The van der Waals surface area contributed by atoms with E-state index in [0.717, 1.165) is 37.8 Å². The van der Waals surface area contributed by atoms with Gasteiger partial charge in [-0.1, -0.05) is 0 Å². The van der Waals surface area contributed by atoms with Crippen molar-refractivity contribution in [2.24, 2.45) is 0 Å². The highest BCUT2D eigenvalue weighted by Crippen LogP contribution is 2.35. The Morgan fingerprint density at radius 1 is 1.26 bits per heavy atom. The van der Waals surface area contributed by atoms with Crippen molar-refractivity contribution in [2.45, 2.75) is 44.2 Å². The first-order chi connectivity index (χ1) is 14.6. The molecule has 1 aliphatic heterocycles. The fourth-order valence-corrected chi connectivity index (χ4v) is 3.68. The van der Waals surface area contributed by atoms with E-state index in [4.69, 9.17) is 4.74 Å². The lowest BCUT2D eigenvalue weighted by Crippen LogP contribution is -2.42. The lowest BCUT2D eigenvalue weighted by molar-refractivity contribution is -0.146. The molecule has 1 aliphatic rings. The van der Waals surface area contributed by atoms with Crippen LogP contribution in [0, 0.1) is 6.92 Å². The topological polar surface area (TPSA) is 102 Å². The molecule has 1 saturated heterocycles. The number of aromatic nitrogens is 4. The number of anilines is 1. The first-order valence-electron chi connectivity index (χ1n) is 9.92. The SMILES string of the molecule is COC(=O)C(C)(CNc1ccnc(C(F)(F)F)n1)c1cnc(C)nc1C1CCNCC1. The molecule has 0 aromatic carbocycles. The number of nitrogens with zero attached hydrogens (tertiary/aromatic N) is 4. The van der Waals surface area contributed by atoms with Crippen molar-refractivity contribution in [3.05, 3.63) is 41.4 Å². The van der Waals surface area contributed by atoms with Crippen LogP contribution in [0.25, 0.3) is 0 Å². The molecule has 168 valence electrons. The molecule has 0 radical (unpaired) electrons. The number of nitrogens with one attached hydrogen (secondary N) is 2. The van der Waals surface area contributed by atoms with Gasteiger partial charge in [0.2, 0.25) is 5.82 Å². The molecule has 1 unspecified atom stereocenters. The molecule has 0 amide bonds. The molecule has 0 saturated carbocycles. The van der Waals surface area contributed by atoms with Crippen LogP contribution in [0.3, 0.4) is 0 Å². The summed E-state index contributed by atoms with van der Waals surface area (Å²) >= 11 is 0. The van der Waals surface area contributed by atoms with Crippen LogP contribution in [0.5, 0.6) is 0 Å². The summed E-state index contributed by atoms with van der Waals surface area (Å²) in [6.45, 7) is 5.05. The van der Waals surface area contributed by atoms with Crippen LogP contribution in [0.2, 0.25) is 0 Å². The summed E-state index contributed by atoms with van der Waals surface area (Å²) in [6, 6.07) is 1.31. The van der Waals surface area contributed by atoms with E-state index in [1.807, 2.05) is 0 Å². The van der Waals surface area contributed by atoms with Gasteiger partial charge in [0, 0.05) is 30.4 Å². The molecule has 1 atom stereocenters. The average molecular weight is 438 g/mol. The highest BCUT2D eigenvalue weighted by molar-refractivity contribution is 5.84. The molecule has 8 nitrogen and oxygen atoms in total. The maximum absolute atomic E-state index is 12.9. The molecule has 11 heteroatoms. The van der Waals surface area contributed by atoms with E-state index in [1.54, 1.807) is 20.0 Å². The predicted molar refractivity (Wildman–Crippen MR) is 107 cm³/mol. The third kappa shape index (κ3) is 5.09. The molecule has 3 rings (SSSR count). The molecule has 2 aromatic rings. The summed E-state index contributed by atoms with van der Waals surface area (Å²) in [5.74, 6) is -1.13. The summed E-state index contributed by atoms with van der Waals surface area (Å²) < 4.78 is 43.9. The highest BCUT2D eigenvalue weighted by Gasteiger charge is 2.41. The molecule has 1 fully saturated rings. The normalized spacial score (nSPS) is 17.1. The number of carbonyl (C=O) groups excluding carboxylic acids is 1. The number of esters is 1. The number of ether oxygens (including phenoxy) is 1. The minimum Gasteiger partial charge on any atom is -0.468 e. The minimum atomic E-state index is -4.67. The zero-order chi connectivity index (χ0) is 22.6. The summed E-state index contributed by atoms with van der Waals surface area (Å²) in [4.78, 5) is 28.5. The monoisotopic (exact) mass is 438 g/mol. The Morgan fingerprint density at radius 3 is 2.61 bits per heavy atom. The number of hydrogen-bond donors (Lipinski definition) is 2. The third-order valence-corrected chi connectivity index (χ3v) is 5.43. The lowest BCUT2D eigenvalue weighted by Gasteiger charge is -2.32. The van der Waals surface area contributed by atoms with E-state index >= 15 is 0 Å². The standard InChI is InChI=1S/C20H25F3N6O2/c1-12-26-10-14(16(28-12)13-4-7-24-8-5-13)19(2,18(30)31-3)11-27-15-6-9-25-17(29-15)20(21,22)23/h6,9-10,13,24H,4-5,7-8,11H2,1-3H3,(H,25,27,29). The first kappa shape index (κ1) is 22.9. The fraction of sp³-hybridized carbons (Fsp3) is 0.550. The first-order valence-corrected chi connectivity index (χ1v) is 9.92. The molecule has 31 heavy (non-hydrogen) atoms. The van der Waals surface area contributed by atoms with Crippen molar-refractivity contribution in [2.75, 3.05) is 32.1 Å². The summed E-state index contributed by atoms with van der Waals surface area (Å²) in [6.07, 6.45) is -0.331. The van der Waals surface area contributed by atoms with Gasteiger partial charge in [-0.25, -0.2) is 19.9 Å². The number of aryl methyl sites for hydroxylation is 1. The van der Waals surface area contributed by atoms with E-state index < -0.39 is 23.4 Å². The Kier molecular flexibility index (Phi) is 6.73. The highest BCUT2D eigenvalue weighted by atomic mass is 19.4. The molecular weight excluding hydrogens is 413 g/mol. The van der Waals surface area contributed by atoms with Crippen molar-refractivity contribution in [1.82, 2.24) is 25.3 Å². The van der Waals surface area contributed by atoms with E-state index in [1.165, 1.54) is 13.2 Å². The summed E-state index contributed by atoms with van der Waals surface area (Å²) in [5, 5.41) is 6.14. The Morgan fingerprint density at radius 2 is 1.97 bits per heavy atom. The van der Waals surface area contributed by atoms with Gasteiger partial charge < -0.3 is 15.4 Å². The van der Waals surface area contributed by atoms with Crippen LogP contribution in [0.1, 0.15) is 48.6 Å². The van der Waals surface area contributed by atoms with Gasteiger partial charge in [0.25, 0.3) is 0 Å². The molecule has 3 heterocycles. The van der Waals surface area contributed by atoms with Crippen molar-refractivity contribution >= 4 is 11.8 Å². The number of carbonyl (C=O) groups is 1. The molecule has 2 N–H and O–H groups in total. The molecule has 2 aromatic heterocycles. The molecule has 0 bridgehead atoms. The van der Waals surface area contributed by atoms with E-state index in [2.05, 4.69) is 30.6 Å². The van der Waals surface area contributed by atoms with Gasteiger partial charge in [0.15, 0.2) is 0 Å². The van der Waals surface area contributed by atoms with Crippen LogP contribution in [0.4, 0.5) is 19.0 Å². The second-order valence-corrected chi connectivity index (χ2v) is 7.68. The van der Waals surface area contributed by atoms with Crippen LogP contribution in [-0.2, 0) is 21.1 Å². The number of alkyl halides is 3. The average Bonchev–Trinajstić information content (AvgIpc) is 2.77. The number of piperidine rings is 1. The van der Waals surface area contributed by atoms with Gasteiger partial charge in [-0.2, -0.15) is 13.2 Å². The van der Waals surface area contributed by atoms with Crippen LogP contribution >= 0.6 is 0 Å². The zero-order valence-corrected chi connectivity index (χ0v) is 17.6. The number of methoxy groups -OCH3 is 1. The second-order valence-electron chi connectivity index (χ2n) is 7.68. The Labute approximate surface area is 178 Å². The quantitative estimate of drug-likeness (QED) is 0.664. The van der Waals surface area contributed by atoms with Gasteiger partial charge in [-0.15, -0.1) is 0 Å². The van der Waals surface area contributed by atoms with Crippen LogP contribution in [-0.4, -0.2) is 52.6 Å². The number of halogens is 3. The fourth-order valence-electron chi connectivity index (χ4n) is 3.68. The van der Waals surface area contributed by atoms with Gasteiger partial charge in [-0.05, 0) is 45.8 Å². The number of rotatable bonds is 6. The van der Waals surface area contributed by atoms with E-state index in [0.29, 0.717) is 11.4 Å². The number of hydrogen-bond acceptors (Lipinski definition) is 8. The maximum Gasteiger partial charge on any atom is 0.451 e. The van der Waals surface area contributed by atoms with Crippen molar-refractivity contribution in [1.29, 1.82) is 0 Å². The minimum absolute atomic E-state index is 0.0473. The summed E-state index contributed by atoms with van der Waals surface area (Å²) in [7, 11) is 1.27.